The molecule has 0 spiro atoms. The van der Waals surface area contributed by atoms with E-state index in [0.29, 0.717) is 0 Å². The van der Waals surface area contributed by atoms with Gasteiger partial charge in [0.1, 0.15) is 5.75 Å². The van der Waals surface area contributed by atoms with E-state index in [4.69, 9.17) is 15.6 Å². The molecule has 19 heavy (non-hydrogen) atoms. The van der Waals surface area contributed by atoms with Gasteiger partial charge in [0.2, 0.25) is 0 Å². The molecule has 0 aliphatic heterocycles. The van der Waals surface area contributed by atoms with Crippen molar-refractivity contribution in [3.63, 3.8) is 0 Å². The molecule has 104 valence electrons. The minimum Gasteiger partial charge on any atom is -0.494 e. The molecule has 0 amide bonds. The molecule has 0 heterocycles. The molecule has 0 radical (unpaired) electrons. The number of rotatable bonds is 7. The second-order valence-corrected chi connectivity index (χ2v) is 5.09. The highest BCUT2D eigenvalue weighted by molar-refractivity contribution is 5.77. The highest BCUT2D eigenvalue weighted by Crippen LogP contribution is 2.46. The monoisotopic (exact) mass is 263 g/mol. The number of carbonyl (C=O) groups is 1. The molecular weight excluding hydrogens is 242 g/mol. The Labute approximate surface area is 113 Å². The number of carboxylic acids is 1. The summed E-state index contributed by atoms with van der Waals surface area (Å²) >= 11 is 0. The summed E-state index contributed by atoms with van der Waals surface area (Å²) in [7, 11) is 0. The third-order valence-corrected chi connectivity index (χ3v) is 3.64. The van der Waals surface area contributed by atoms with E-state index >= 15 is 0 Å². The van der Waals surface area contributed by atoms with Crippen molar-refractivity contribution in [1.29, 1.82) is 0 Å². The van der Waals surface area contributed by atoms with Gasteiger partial charge in [-0.2, -0.15) is 0 Å². The van der Waals surface area contributed by atoms with Crippen LogP contribution in [0.3, 0.4) is 0 Å². The maximum absolute atomic E-state index is 10.9. The van der Waals surface area contributed by atoms with Gasteiger partial charge in [-0.15, -0.1) is 0 Å². The third kappa shape index (κ3) is 3.26. The molecule has 2 rings (SSSR count). The number of ether oxygens (including phenoxy) is 1. The third-order valence-electron chi connectivity index (χ3n) is 3.64. The molecule has 1 aromatic rings. The van der Waals surface area contributed by atoms with Crippen LogP contribution in [0.1, 0.15) is 37.7 Å². The van der Waals surface area contributed by atoms with E-state index in [-0.39, 0.29) is 12.0 Å². The van der Waals surface area contributed by atoms with Crippen LogP contribution in [-0.2, 0) is 4.79 Å². The summed E-state index contributed by atoms with van der Waals surface area (Å²) in [4.78, 5) is 10.9. The van der Waals surface area contributed by atoms with Crippen molar-refractivity contribution in [2.24, 2.45) is 11.7 Å². The van der Waals surface area contributed by atoms with E-state index in [0.717, 1.165) is 24.3 Å². The SMILES string of the molecule is CCCCCOc1ccc(C2C(N)C2C(=O)O)cc1. The Morgan fingerprint density at radius 1 is 1.32 bits per heavy atom. The Morgan fingerprint density at radius 3 is 2.53 bits per heavy atom. The normalized spacial score (nSPS) is 25.1. The summed E-state index contributed by atoms with van der Waals surface area (Å²) in [6, 6.07) is 7.37. The minimum atomic E-state index is -0.808. The van der Waals surface area contributed by atoms with Gasteiger partial charge in [0, 0.05) is 12.0 Å². The number of aliphatic carboxylic acids is 1. The van der Waals surface area contributed by atoms with Crippen molar-refractivity contribution in [2.75, 3.05) is 6.61 Å². The van der Waals surface area contributed by atoms with Crippen LogP contribution in [-0.4, -0.2) is 23.7 Å². The van der Waals surface area contributed by atoms with Gasteiger partial charge in [-0.3, -0.25) is 4.79 Å². The molecule has 1 aliphatic carbocycles. The first kappa shape index (κ1) is 13.9. The van der Waals surface area contributed by atoms with Crippen molar-refractivity contribution in [2.45, 2.75) is 38.1 Å². The predicted octanol–water partition coefficient (Wildman–Crippen LogP) is 2.38. The molecule has 0 aromatic heterocycles. The van der Waals surface area contributed by atoms with Gasteiger partial charge in [-0.25, -0.2) is 0 Å². The summed E-state index contributed by atoms with van der Waals surface area (Å²) in [6.07, 6.45) is 3.42. The zero-order valence-corrected chi connectivity index (χ0v) is 11.2. The molecule has 3 N–H and O–H groups in total. The van der Waals surface area contributed by atoms with Gasteiger partial charge >= 0.3 is 5.97 Å². The van der Waals surface area contributed by atoms with E-state index in [1.165, 1.54) is 12.8 Å². The van der Waals surface area contributed by atoms with E-state index in [1.54, 1.807) is 0 Å². The molecule has 1 fully saturated rings. The van der Waals surface area contributed by atoms with Crippen LogP contribution in [0.25, 0.3) is 0 Å². The summed E-state index contributed by atoms with van der Waals surface area (Å²) in [5.74, 6) is -0.457. The lowest BCUT2D eigenvalue weighted by Gasteiger charge is -2.06. The highest BCUT2D eigenvalue weighted by atomic mass is 16.5. The fourth-order valence-corrected chi connectivity index (χ4v) is 2.41. The fraction of sp³-hybridized carbons (Fsp3) is 0.533. The molecule has 1 saturated carbocycles. The molecule has 3 unspecified atom stereocenters. The quantitative estimate of drug-likeness (QED) is 0.741. The van der Waals surface area contributed by atoms with Gasteiger partial charge < -0.3 is 15.6 Å². The summed E-state index contributed by atoms with van der Waals surface area (Å²) < 4.78 is 5.62. The minimum absolute atomic E-state index is 0.0494. The van der Waals surface area contributed by atoms with Gasteiger partial charge in [-0.1, -0.05) is 31.9 Å². The first-order chi connectivity index (χ1) is 9.15. The van der Waals surface area contributed by atoms with Gasteiger partial charge in [0.05, 0.1) is 12.5 Å². The zero-order chi connectivity index (χ0) is 13.8. The number of hydrogen-bond acceptors (Lipinski definition) is 3. The van der Waals surface area contributed by atoms with Crippen molar-refractivity contribution < 1.29 is 14.6 Å². The van der Waals surface area contributed by atoms with Crippen LogP contribution < -0.4 is 10.5 Å². The van der Waals surface area contributed by atoms with Crippen molar-refractivity contribution >= 4 is 5.97 Å². The Kier molecular flexibility index (Phi) is 4.43. The van der Waals surface area contributed by atoms with Gasteiger partial charge in [0.15, 0.2) is 0 Å². The lowest BCUT2D eigenvalue weighted by atomic mass is 10.1. The first-order valence-corrected chi connectivity index (χ1v) is 6.86. The maximum Gasteiger partial charge on any atom is 0.308 e. The van der Waals surface area contributed by atoms with Crippen LogP contribution >= 0.6 is 0 Å². The molecule has 1 aliphatic rings. The number of unbranched alkanes of at least 4 members (excludes halogenated alkanes) is 2. The Hall–Kier alpha value is -1.55. The second kappa shape index (κ2) is 6.06. The van der Waals surface area contributed by atoms with Crippen molar-refractivity contribution in [1.82, 2.24) is 0 Å². The maximum atomic E-state index is 10.9. The average molecular weight is 263 g/mol. The largest absolute Gasteiger partial charge is 0.494 e. The van der Waals surface area contributed by atoms with E-state index in [9.17, 15) is 4.79 Å². The molecule has 4 nitrogen and oxygen atoms in total. The Bertz CT molecular complexity index is 430. The number of nitrogens with two attached hydrogens (primary N) is 1. The Balaban J connectivity index is 1.87. The highest BCUT2D eigenvalue weighted by Gasteiger charge is 2.53. The summed E-state index contributed by atoms with van der Waals surface area (Å²) in [6.45, 7) is 2.89. The van der Waals surface area contributed by atoms with E-state index in [1.807, 2.05) is 24.3 Å². The lowest BCUT2D eigenvalue weighted by molar-refractivity contribution is -0.138. The summed E-state index contributed by atoms with van der Waals surface area (Å²) in [5.41, 5.74) is 6.77. The number of benzene rings is 1. The second-order valence-electron chi connectivity index (χ2n) is 5.09. The number of hydrogen-bond donors (Lipinski definition) is 2. The molecular formula is C15H21NO3. The van der Waals surface area contributed by atoms with Crippen LogP contribution in [0, 0.1) is 5.92 Å². The van der Waals surface area contributed by atoms with Crippen molar-refractivity contribution in [3.8, 4) is 5.75 Å². The zero-order valence-electron chi connectivity index (χ0n) is 11.2. The molecule has 1 aromatic carbocycles. The average Bonchev–Trinajstić information content (AvgIpc) is 3.07. The van der Waals surface area contributed by atoms with Crippen molar-refractivity contribution in [3.05, 3.63) is 29.8 Å². The van der Waals surface area contributed by atoms with Gasteiger partial charge in [-0.05, 0) is 24.1 Å². The van der Waals surface area contributed by atoms with Crippen LogP contribution in [0.4, 0.5) is 0 Å². The standard InChI is InChI=1S/C15H21NO3/c1-2-3-4-9-19-11-7-5-10(6-8-11)12-13(14(12)16)15(17)18/h5-8,12-14H,2-4,9,16H2,1H3,(H,17,18). The smallest absolute Gasteiger partial charge is 0.308 e. The first-order valence-electron chi connectivity index (χ1n) is 6.86. The molecule has 0 saturated heterocycles. The fourth-order valence-electron chi connectivity index (χ4n) is 2.41. The van der Waals surface area contributed by atoms with Crippen LogP contribution in [0.2, 0.25) is 0 Å². The lowest BCUT2D eigenvalue weighted by Crippen LogP contribution is -2.08. The van der Waals surface area contributed by atoms with E-state index < -0.39 is 11.9 Å². The number of carboxylic acid groups (broad SMARTS) is 1. The topological polar surface area (TPSA) is 72.5 Å². The van der Waals surface area contributed by atoms with E-state index in [2.05, 4.69) is 6.92 Å². The Morgan fingerprint density at radius 2 is 2.00 bits per heavy atom. The predicted molar refractivity (Wildman–Crippen MR) is 73.3 cm³/mol. The summed E-state index contributed by atoms with van der Waals surface area (Å²) in [5, 5.41) is 8.97. The van der Waals surface area contributed by atoms with Crippen LogP contribution in [0.5, 0.6) is 5.75 Å². The van der Waals surface area contributed by atoms with Gasteiger partial charge in [0.25, 0.3) is 0 Å². The molecule has 3 atom stereocenters. The molecule has 4 heteroatoms. The van der Waals surface area contributed by atoms with Crippen LogP contribution in [0.15, 0.2) is 24.3 Å². The molecule has 0 bridgehead atoms.